The van der Waals surface area contributed by atoms with Crippen LogP contribution in [0.1, 0.15) is 24.0 Å². The molecule has 1 aromatic carbocycles. The summed E-state index contributed by atoms with van der Waals surface area (Å²) in [5.74, 6) is 0.974. The van der Waals surface area contributed by atoms with Crippen molar-refractivity contribution < 1.29 is 14.2 Å². The first kappa shape index (κ1) is 16.7. The molecule has 0 unspecified atom stereocenters. The number of halogens is 1. The van der Waals surface area contributed by atoms with Crippen molar-refractivity contribution in [3.05, 3.63) is 27.7 Å². The number of rotatable bonds is 10. The van der Waals surface area contributed by atoms with Crippen LogP contribution in [0.3, 0.4) is 0 Å². The van der Waals surface area contributed by atoms with Crippen LogP contribution in [0.5, 0.6) is 5.75 Å². The molecule has 0 aromatic heterocycles. The molecular weight excluding hydrogens is 334 g/mol. The zero-order valence-electron chi connectivity index (χ0n) is 12.8. The first-order valence-corrected chi connectivity index (χ1v) is 8.22. The van der Waals surface area contributed by atoms with Crippen LogP contribution in [0, 0.1) is 6.92 Å². The summed E-state index contributed by atoms with van der Waals surface area (Å²) in [5.41, 5.74) is 2.35. The summed E-state index contributed by atoms with van der Waals surface area (Å²) in [6.07, 6.45) is 2.58. The number of aryl methyl sites for hydroxylation is 1. The topological polar surface area (TPSA) is 39.7 Å². The lowest BCUT2D eigenvalue weighted by molar-refractivity contribution is 0.0541. The first-order chi connectivity index (χ1) is 10.2. The summed E-state index contributed by atoms with van der Waals surface area (Å²) in [6, 6.07) is 4.90. The molecule has 1 aliphatic rings. The van der Waals surface area contributed by atoms with Gasteiger partial charge in [-0.2, -0.15) is 0 Å². The van der Waals surface area contributed by atoms with Gasteiger partial charge in [0.25, 0.3) is 0 Å². The molecule has 0 atom stereocenters. The highest BCUT2D eigenvalue weighted by molar-refractivity contribution is 9.10. The minimum Gasteiger partial charge on any atom is -0.491 e. The lowest BCUT2D eigenvalue weighted by atomic mass is 10.1. The average Bonchev–Trinajstić information content (AvgIpc) is 3.26. The van der Waals surface area contributed by atoms with E-state index in [1.165, 1.54) is 18.4 Å². The molecule has 0 radical (unpaired) electrons. The Bertz CT molecular complexity index is 449. The minimum atomic E-state index is 0.558. The van der Waals surface area contributed by atoms with Crippen molar-refractivity contribution in [1.82, 2.24) is 5.32 Å². The van der Waals surface area contributed by atoms with Crippen molar-refractivity contribution in [2.75, 3.05) is 33.5 Å². The van der Waals surface area contributed by atoms with E-state index in [-0.39, 0.29) is 0 Å². The van der Waals surface area contributed by atoms with Crippen LogP contribution in [0.2, 0.25) is 0 Å². The Balaban J connectivity index is 1.86. The Morgan fingerprint density at radius 1 is 1.19 bits per heavy atom. The number of hydrogen-bond donors (Lipinski definition) is 1. The quantitative estimate of drug-likeness (QED) is 0.653. The normalized spacial score (nSPS) is 14.4. The standard InChI is InChI=1S/C16H24BrNO3/c1-12-9-14(17)10-13(11-18-15-3-4-15)16(12)21-8-7-20-6-5-19-2/h9-10,15,18H,3-8,11H2,1-2H3. The van der Waals surface area contributed by atoms with Crippen molar-refractivity contribution in [2.45, 2.75) is 32.4 Å². The van der Waals surface area contributed by atoms with Gasteiger partial charge in [0.15, 0.2) is 0 Å². The van der Waals surface area contributed by atoms with Crippen LogP contribution < -0.4 is 10.1 Å². The van der Waals surface area contributed by atoms with Crippen molar-refractivity contribution >= 4 is 15.9 Å². The molecule has 1 fully saturated rings. The highest BCUT2D eigenvalue weighted by Gasteiger charge is 2.21. The Labute approximate surface area is 135 Å². The van der Waals surface area contributed by atoms with E-state index in [1.807, 2.05) is 0 Å². The van der Waals surface area contributed by atoms with Gasteiger partial charge in [-0.15, -0.1) is 0 Å². The molecule has 0 aliphatic heterocycles. The highest BCUT2D eigenvalue weighted by atomic mass is 79.9. The van der Waals surface area contributed by atoms with Gasteiger partial charge in [0, 0.05) is 29.7 Å². The summed E-state index contributed by atoms with van der Waals surface area (Å²) in [6.45, 7) is 5.29. The predicted molar refractivity (Wildman–Crippen MR) is 86.9 cm³/mol. The van der Waals surface area contributed by atoms with Gasteiger partial charge >= 0.3 is 0 Å². The van der Waals surface area contributed by atoms with Crippen molar-refractivity contribution in [3.8, 4) is 5.75 Å². The van der Waals surface area contributed by atoms with Gasteiger partial charge in [-0.1, -0.05) is 15.9 Å². The molecule has 4 nitrogen and oxygen atoms in total. The summed E-state index contributed by atoms with van der Waals surface area (Å²) < 4.78 is 17.4. The Kier molecular flexibility index (Phi) is 6.96. The second-order valence-corrected chi connectivity index (χ2v) is 6.24. The average molecular weight is 358 g/mol. The molecule has 0 heterocycles. The lowest BCUT2D eigenvalue weighted by Crippen LogP contribution is -2.17. The van der Waals surface area contributed by atoms with E-state index in [2.05, 4.69) is 40.3 Å². The molecule has 2 rings (SSSR count). The van der Waals surface area contributed by atoms with E-state index < -0.39 is 0 Å². The van der Waals surface area contributed by atoms with Gasteiger partial charge in [0.1, 0.15) is 12.4 Å². The van der Waals surface area contributed by atoms with Crippen LogP contribution in [-0.4, -0.2) is 39.6 Å². The Hall–Kier alpha value is -0.620. The van der Waals surface area contributed by atoms with Gasteiger partial charge < -0.3 is 19.5 Å². The number of hydrogen-bond acceptors (Lipinski definition) is 4. The van der Waals surface area contributed by atoms with E-state index >= 15 is 0 Å². The molecule has 0 amide bonds. The minimum absolute atomic E-state index is 0.558. The fourth-order valence-electron chi connectivity index (χ4n) is 2.13. The third-order valence-electron chi connectivity index (χ3n) is 3.38. The smallest absolute Gasteiger partial charge is 0.126 e. The summed E-state index contributed by atoms with van der Waals surface area (Å²) in [5, 5.41) is 3.54. The molecule has 0 saturated heterocycles. The molecule has 1 aliphatic carbocycles. The van der Waals surface area contributed by atoms with Crippen molar-refractivity contribution in [2.24, 2.45) is 0 Å². The number of methoxy groups -OCH3 is 1. The summed E-state index contributed by atoms with van der Waals surface area (Å²) in [4.78, 5) is 0. The third kappa shape index (κ3) is 5.94. The molecule has 1 aromatic rings. The third-order valence-corrected chi connectivity index (χ3v) is 3.84. The molecular formula is C16H24BrNO3. The van der Waals surface area contributed by atoms with E-state index in [1.54, 1.807) is 7.11 Å². The zero-order valence-corrected chi connectivity index (χ0v) is 14.4. The fraction of sp³-hybridized carbons (Fsp3) is 0.625. The fourth-order valence-corrected chi connectivity index (χ4v) is 2.75. The number of ether oxygens (including phenoxy) is 3. The molecule has 118 valence electrons. The lowest BCUT2D eigenvalue weighted by Gasteiger charge is -2.15. The van der Waals surface area contributed by atoms with Crippen molar-refractivity contribution in [3.63, 3.8) is 0 Å². The second-order valence-electron chi connectivity index (χ2n) is 5.32. The van der Waals surface area contributed by atoms with Crippen LogP contribution in [0.15, 0.2) is 16.6 Å². The molecule has 1 N–H and O–H groups in total. The van der Waals surface area contributed by atoms with Crippen LogP contribution in [-0.2, 0) is 16.0 Å². The SMILES string of the molecule is COCCOCCOc1c(C)cc(Br)cc1CNC1CC1. The monoisotopic (exact) mass is 357 g/mol. The van der Waals surface area contributed by atoms with E-state index in [4.69, 9.17) is 14.2 Å². The summed E-state index contributed by atoms with van der Waals surface area (Å²) >= 11 is 3.56. The summed E-state index contributed by atoms with van der Waals surface area (Å²) in [7, 11) is 1.67. The predicted octanol–water partition coefficient (Wildman–Crippen LogP) is 3.05. The van der Waals surface area contributed by atoms with E-state index in [9.17, 15) is 0 Å². The molecule has 21 heavy (non-hydrogen) atoms. The van der Waals surface area contributed by atoms with Crippen molar-refractivity contribution in [1.29, 1.82) is 0 Å². The number of benzene rings is 1. The molecule has 1 saturated carbocycles. The zero-order chi connectivity index (χ0) is 15.1. The maximum atomic E-state index is 5.93. The van der Waals surface area contributed by atoms with Gasteiger partial charge in [-0.25, -0.2) is 0 Å². The molecule has 0 spiro atoms. The largest absolute Gasteiger partial charge is 0.491 e. The molecule has 5 heteroatoms. The maximum Gasteiger partial charge on any atom is 0.126 e. The Morgan fingerprint density at radius 3 is 2.67 bits per heavy atom. The van der Waals surface area contributed by atoms with Crippen LogP contribution in [0.25, 0.3) is 0 Å². The van der Waals surface area contributed by atoms with Gasteiger partial charge in [0.05, 0.1) is 19.8 Å². The van der Waals surface area contributed by atoms with Gasteiger partial charge in [0.2, 0.25) is 0 Å². The van der Waals surface area contributed by atoms with Crippen LogP contribution in [0.4, 0.5) is 0 Å². The van der Waals surface area contributed by atoms with Crippen LogP contribution >= 0.6 is 15.9 Å². The van der Waals surface area contributed by atoms with E-state index in [0.717, 1.165) is 22.3 Å². The van der Waals surface area contributed by atoms with Gasteiger partial charge in [-0.05, 0) is 37.5 Å². The van der Waals surface area contributed by atoms with Gasteiger partial charge in [-0.3, -0.25) is 0 Å². The highest BCUT2D eigenvalue weighted by Crippen LogP contribution is 2.29. The van der Waals surface area contributed by atoms with E-state index in [0.29, 0.717) is 32.5 Å². The Morgan fingerprint density at radius 2 is 1.95 bits per heavy atom. The number of nitrogens with one attached hydrogen (secondary N) is 1. The first-order valence-electron chi connectivity index (χ1n) is 7.42. The second kappa shape index (κ2) is 8.73. The molecule has 0 bridgehead atoms. The maximum absolute atomic E-state index is 5.93.